The van der Waals surface area contributed by atoms with Gasteiger partial charge in [-0.15, -0.1) is 5.10 Å². The van der Waals surface area contributed by atoms with Crippen molar-refractivity contribution in [2.45, 2.75) is 31.9 Å². The van der Waals surface area contributed by atoms with Crippen LogP contribution in [-0.2, 0) is 18.1 Å². The van der Waals surface area contributed by atoms with Crippen LogP contribution in [0.1, 0.15) is 25.1 Å². The van der Waals surface area contributed by atoms with Crippen molar-refractivity contribution in [3.05, 3.63) is 47.8 Å². The van der Waals surface area contributed by atoms with Crippen LogP contribution in [0.4, 0.5) is 8.78 Å². The fraction of sp³-hybridized carbons (Fsp3) is 0.385. The van der Waals surface area contributed by atoms with E-state index in [1.54, 1.807) is 18.2 Å². The molecule has 0 aliphatic carbocycles. The molecule has 0 atom stereocenters. The third-order valence-electron chi connectivity index (χ3n) is 2.72. The predicted molar refractivity (Wildman–Crippen MR) is 65.6 cm³/mol. The zero-order chi connectivity index (χ0) is 14.1. The van der Waals surface area contributed by atoms with Gasteiger partial charge in [-0.3, -0.25) is 0 Å². The van der Waals surface area contributed by atoms with Crippen LogP contribution in [0.5, 0.6) is 0 Å². The van der Waals surface area contributed by atoms with Gasteiger partial charge in [0.1, 0.15) is 17.8 Å². The van der Waals surface area contributed by atoms with Crippen LogP contribution in [0.15, 0.2) is 36.5 Å². The number of rotatable bonds is 4. The molecule has 1 heterocycles. The van der Waals surface area contributed by atoms with Gasteiger partial charge in [-0.1, -0.05) is 35.5 Å². The van der Waals surface area contributed by atoms with Crippen molar-refractivity contribution >= 4 is 0 Å². The van der Waals surface area contributed by atoms with E-state index < -0.39 is 18.1 Å². The molecule has 19 heavy (non-hydrogen) atoms. The molecule has 0 radical (unpaired) electrons. The van der Waals surface area contributed by atoms with Gasteiger partial charge in [0, 0.05) is 5.56 Å². The van der Waals surface area contributed by atoms with Gasteiger partial charge in [0.15, 0.2) is 0 Å². The second-order valence-corrected chi connectivity index (χ2v) is 4.93. The average Bonchev–Trinajstić information content (AvgIpc) is 2.78. The van der Waals surface area contributed by atoms with E-state index in [-0.39, 0.29) is 11.3 Å². The molecule has 102 valence electrons. The molecule has 0 fully saturated rings. The zero-order valence-corrected chi connectivity index (χ0v) is 10.7. The van der Waals surface area contributed by atoms with Crippen molar-refractivity contribution in [3.63, 3.8) is 0 Å². The highest BCUT2D eigenvalue weighted by Gasteiger charge is 2.33. The predicted octanol–water partition coefficient (Wildman–Crippen LogP) is 2.30. The Labute approximate surface area is 109 Å². The standard InChI is InChI=1S/C13H15F2N3O/c1-12(2,19)11-8-18(17-16-11)9-13(14,15)10-6-4-3-5-7-10/h3-8,19H,9H2,1-2H3. The third-order valence-corrected chi connectivity index (χ3v) is 2.72. The smallest absolute Gasteiger partial charge is 0.292 e. The van der Waals surface area contributed by atoms with E-state index in [1.807, 2.05) is 0 Å². The van der Waals surface area contributed by atoms with E-state index in [0.717, 1.165) is 4.68 Å². The number of benzene rings is 1. The molecule has 1 aromatic carbocycles. The first-order valence-corrected chi connectivity index (χ1v) is 5.85. The quantitative estimate of drug-likeness (QED) is 0.924. The highest BCUT2D eigenvalue weighted by Crippen LogP contribution is 2.29. The van der Waals surface area contributed by atoms with Gasteiger partial charge in [0.25, 0.3) is 5.92 Å². The first-order valence-electron chi connectivity index (χ1n) is 5.85. The third kappa shape index (κ3) is 3.14. The summed E-state index contributed by atoms with van der Waals surface area (Å²) in [6.45, 7) is 2.44. The fourth-order valence-electron chi connectivity index (χ4n) is 1.63. The summed E-state index contributed by atoms with van der Waals surface area (Å²) >= 11 is 0. The van der Waals surface area contributed by atoms with Crippen molar-refractivity contribution in [1.82, 2.24) is 15.0 Å². The Morgan fingerprint density at radius 2 is 1.84 bits per heavy atom. The Kier molecular flexibility index (Phi) is 3.36. The van der Waals surface area contributed by atoms with E-state index in [2.05, 4.69) is 10.3 Å². The van der Waals surface area contributed by atoms with Crippen LogP contribution in [0.2, 0.25) is 0 Å². The second kappa shape index (κ2) is 4.70. The lowest BCUT2D eigenvalue weighted by Crippen LogP contribution is -2.22. The summed E-state index contributed by atoms with van der Waals surface area (Å²) in [5.41, 5.74) is -1.01. The molecule has 2 aromatic rings. The molecular formula is C13H15F2N3O. The molecule has 0 spiro atoms. The molecule has 0 bridgehead atoms. The molecule has 1 N–H and O–H groups in total. The minimum Gasteiger partial charge on any atom is -0.384 e. The number of hydrogen-bond acceptors (Lipinski definition) is 3. The topological polar surface area (TPSA) is 50.9 Å². The Morgan fingerprint density at radius 1 is 1.21 bits per heavy atom. The van der Waals surface area contributed by atoms with Crippen molar-refractivity contribution in [2.24, 2.45) is 0 Å². The minimum absolute atomic E-state index is 0.0738. The first-order chi connectivity index (χ1) is 8.79. The van der Waals surface area contributed by atoms with Gasteiger partial charge in [-0.2, -0.15) is 8.78 Å². The lowest BCUT2D eigenvalue weighted by molar-refractivity contribution is -0.0259. The molecule has 0 unspecified atom stereocenters. The first kappa shape index (κ1) is 13.6. The Morgan fingerprint density at radius 3 is 2.37 bits per heavy atom. The van der Waals surface area contributed by atoms with Gasteiger partial charge < -0.3 is 5.11 Å². The average molecular weight is 267 g/mol. The maximum atomic E-state index is 14.0. The maximum Gasteiger partial charge on any atom is 0.292 e. The van der Waals surface area contributed by atoms with Gasteiger partial charge in [-0.25, -0.2) is 4.68 Å². The van der Waals surface area contributed by atoms with Crippen LogP contribution >= 0.6 is 0 Å². The van der Waals surface area contributed by atoms with E-state index in [9.17, 15) is 13.9 Å². The lowest BCUT2D eigenvalue weighted by Gasteiger charge is -2.16. The summed E-state index contributed by atoms with van der Waals surface area (Å²) < 4.78 is 29.0. The van der Waals surface area contributed by atoms with Crippen molar-refractivity contribution in [1.29, 1.82) is 0 Å². The normalized spacial score (nSPS) is 12.7. The molecule has 0 aliphatic rings. The van der Waals surface area contributed by atoms with Crippen molar-refractivity contribution in [2.75, 3.05) is 0 Å². The molecule has 0 amide bonds. The number of nitrogens with zero attached hydrogens (tertiary/aromatic N) is 3. The summed E-state index contributed by atoms with van der Waals surface area (Å²) in [6, 6.07) is 7.54. The van der Waals surface area contributed by atoms with Crippen LogP contribution < -0.4 is 0 Å². The Balaban J connectivity index is 2.19. The number of halogens is 2. The summed E-state index contributed by atoms with van der Waals surface area (Å²) in [5.74, 6) is -3.04. The van der Waals surface area contributed by atoms with Crippen LogP contribution in [0.25, 0.3) is 0 Å². The largest absolute Gasteiger partial charge is 0.384 e. The monoisotopic (exact) mass is 267 g/mol. The second-order valence-electron chi connectivity index (χ2n) is 4.93. The van der Waals surface area contributed by atoms with Crippen LogP contribution in [0.3, 0.4) is 0 Å². The van der Waals surface area contributed by atoms with Gasteiger partial charge in [0.2, 0.25) is 0 Å². The van der Waals surface area contributed by atoms with Crippen LogP contribution in [0, 0.1) is 0 Å². The van der Waals surface area contributed by atoms with E-state index in [0.29, 0.717) is 0 Å². The molecule has 4 nitrogen and oxygen atoms in total. The van der Waals surface area contributed by atoms with E-state index in [1.165, 1.54) is 32.2 Å². The Bertz CT molecular complexity index is 547. The Hall–Kier alpha value is -1.82. The van der Waals surface area contributed by atoms with Crippen LogP contribution in [-0.4, -0.2) is 20.1 Å². The lowest BCUT2D eigenvalue weighted by atomic mass is 10.1. The van der Waals surface area contributed by atoms with E-state index >= 15 is 0 Å². The molecule has 1 aromatic heterocycles. The van der Waals surface area contributed by atoms with E-state index in [4.69, 9.17) is 0 Å². The molecular weight excluding hydrogens is 252 g/mol. The summed E-state index contributed by atoms with van der Waals surface area (Å²) in [4.78, 5) is 0. The van der Waals surface area contributed by atoms with Gasteiger partial charge in [0.05, 0.1) is 6.20 Å². The molecule has 0 saturated heterocycles. The van der Waals surface area contributed by atoms with Gasteiger partial charge >= 0.3 is 0 Å². The zero-order valence-electron chi connectivity index (χ0n) is 10.7. The maximum absolute atomic E-state index is 14.0. The SMILES string of the molecule is CC(C)(O)c1cn(CC(F)(F)c2ccccc2)nn1. The molecule has 0 saturated carbocycles. The number of aromatic nitrogens is 3. The highest BCUT2D eigenvalue weighted by atomic mass is 19.3. The summed E-state index contributed by atoms with van der Waals surface area (Å²) in [5, 5.41) is 17.0. The number of hydrogen-bond donors (Lipinski definition) is 1. The fourth-order valence-corrected chi connectivity index (χ4v) is 1.63. The highest BCUT2D eigenvalue weighted by molar-refractivity contribution is 5.19. The number of alkyl halides is 2. The van der Waals surface area contributed by atoms with Gasteiger partial charge in [-0.05, 0) is 13.8 Å². The molecule has 0 aliphatic heterocycles. The summed E-state index contributed by atoms with van der Waals surface area (Å²) in [6.07, 6.45) is 1.33. The van der Waals surface area contributed by atoms with Crippen molar-refractivity contribution in [3.8, 4) is 0 Å². The van der Waals surface area contributed by atoms with Crippen molar-refractivity contribution < 1.29 is 13.9 Å². The minimum atomic E-state index is -3.04. The number of aliphatic hydroxyl groups is 1. The molecule has 6 heteroatoms. The summed E-state index contributed by atoms with van der Waals surface area (Å²) in [7, 11) is 0. The molecule has 2 rings (SSSR count).